The minimum atomic E-state index is -0.390. The fourth-order valence-electron chi connectivity index (χ4n) is 4.71. The largest absolute Gasteiger partial charge is 0.506 e. The Morgan fingerprint density at radius 1 is 1.24 bits per heavy atom. The van der Waals surface area contributed by atoms with Crippen LogP contribution in [0.4, 0.5) is 10.5 Å². The number of hydrogen-bond acceptors (Lipinski definition) is 6. The van der Waals surface area contributed by atoms with Crippen molar-refractivity contribution in [2.45, 2.75) is 91.7 Å². The Bertz CT molecular complexity index is 965. The van der Waals surface area contributed by atoms with Crippen molar-refractivity contribution in [3.63, 3.8) is 0 Å². The van der Waals surface area contributed by atoms with Gasteiger partial charge in [0.15, 0.2) is 0 Å². The number of nitrogen functional groups attached to an aromatic ring is 1. The van der Waals surface area contributed by atoms with E-state index in [1.807, 2.05) is 33.8 Å². The molecule has 0 unspecified atom stereocenters. The molecule has 0 heterocycles. The molecule has 0 saturated heterocycles. The number of alkyl carbamates (subject to hydrolysis) is 1. The molecule has 3 rings (SSSR count). The van der Waals surface area contributed by atoms with Crippen molar-refractivity contribution in [2.75, 3.05) is 12.8 Å². The molecule has 7 heteroatoms. The lowest BCUT2D eigenvalue weighted by atomic mass is 9.70. The summed E-state index contributed by atoms with van der Waals surface area (Å²) >= 11 is 0. The first kappa shape index (κ1) is 27.4. The number of phenolic OH excluding ortho intramolecular Hbond substituents is 1. The van der Waals surface area contributed by atoms with Crippen LogP contribution in [0.3, 0.4) is 0 Å². The first-order chi connectivity index (χ1) is 15.8. The Morgan fingerprint density at radius 3 is 2.38 bits per heavy atom. The molecule has 0 atom stereocenters. The summed E-state index contributed by atoms with van der Waals surface area (Å²) in [5.74, 6) is 0.118. The number of benzene rings is 1. The number of rotatable bonds is 3. The number of amides is 1. The minimum Gasteiger partial charge on any atom is -0.506 e. The number of nitrogens with two attached hydrogens (primary N) is 1. The summed E-state index contributed by atoms with van der Waals surface area (Å²) < 4.78 is 5.19. The topological polar surface area (TPSA) is 109 Å². The number of phenols is 1. The zero-order valence-corrected chi connectivity index (χ0v) is 21.9. The summed E-state index contributed by atoms with van der Waals surface area (Å²) in [7, 11) is 1.78. The molecular weight excluding hydrogens is 428 g/mol. The third-order valence-electron chi connectivity index (χ3n) is 6.30. The predicted molar refractivity (Wildman–Crippen MR) is 142 cm³/mol. The van der Waals surface area contributed by atoms with Gasteiger partial charge in [-0.15, -0.1) is 0 Å². The standard InChI is InChI=1S/C16H21N3O.C11H21NO2/c1-9(18-4)13-15(19-5)10-6-7-12(20)14(17)11(10)8-16(13,2)3;1-11(2,3)14-10(13)12-9-7-5-4-6-8-9/h6-7,20H,5,8,17H2,1-4H3;9H,4-8H2,1-3H3,(H,12,13). The second kappa shape index (κ2) is 11.1. The summed E-state index contributed by atoms with van der Waals surface area (Å²) in [5.41, 5.74) is 10.6. The Morgan fingerprint density at radius 2 is 1.85 bits per heavy atom. The number of fused-ring (bicyclic) bond motifs is 1. The van der Waals surface area contributed by atoms with Crippen molar-refractivity contribution in [1.29, 1.82) is 0 Å². The molecule has 0 radical (unpaired) electrons. The highest BCUT2D eigenvalue weighted by molar-refractivity contribution is 6.07. The number of ether oxygens (including phenoxy) is 1. The van der Waals surface area contributed by atoms with E-state index in [9.17, 15) is 9.90 Å². The summed E-state index contributed by atoms with van der Waals surface area (Å²) in [6.07, 6.45) is 6.40. The molecule has 1 aromatic rings. The van der Waals surface area contributed by atoms with Crippen LogP contribution in [0, 0.1) is 5.41 Å². The van der Waals surface area contributed by atoms with Gasteiger partial charge in [0.25, 0.3) is 0 Å². The van der Waals surface area contributed by atoms with Gasteiger partial charge in [-0.2, -0.15) is 0 Å². The molecule has 0 spiro atoms. The van der Waals surface area contributed by atoms with E-state index in [4.69, 9.17) is 10.5 Å². The second-order valence-electron chi connectivity index (χ2n) is 10.8. The maximum absolute atomic E-state index is 11.4. The van der Waals surface area contributed by atoms with Crippen LogP contribution in [0.2, 0.25) is 0 Å². The number of nitrogens with zero attached hydrogens (tertiary/aromatic N) is 2. The van der Waals surface area contributed by atoms with Crippen LogP contribution < -0.4 is 11.1 Å². The van der Waals surface area contributed by atoms with Crippen molar-refractivity contribution in [3.8, 4) is 5.75 Å². The van der Waals surface area contributed by atoms with E-state index in [0.29, 0.717) is 11.7 Å². The normalized spacial score (nSPS) is 18.4. The second-order valence-corrected chi connectivity index (χ2v) is 10.8. The van der Waals surface area contributed by atoms with Crippen LogP contribution in [0.25, 0.3) is 5.70 Å². The van der Waals surface area contributed by atoms with Crippen LogP contribution in [0.15, 0.2) is 27.7 Å². The van der Waals surface area contributed by atoms with E-state index >= 15 is 0 Å². The molecule has 1 amide bonds. The number of carbonyl (C=O) groups excluding carboxylic acids is 1. The molecule has 2 aliphatic carbocycles. The molecule has 1 saturated carbocycles. The Balaban J connectivity index is 0.000000257. The number of aliphatic imine (C=N–C) groups is 2. The average Bonchev–Trinajstić information content (AvgIpc) is 2.74. The van der Waals surface area contributed by atoms with Crippen molar-refractivity contribution >= 4 is 29.9 Å². The van der Waals surface area contributed by atoms with Gasteiger partial charge in [-0.3, -0.25) is 9.98 Å². The van der Waals surface area contributed by atoms with Crippen LogP contribution in [-0.2, 0) is 11.2 Å². The Labute approximate surface area is 204 Å². The van der Waals surface area contributed by atoms with E-state index in [0.717, 1.165) is 47.4 Å². The van der Waals surface area contributed by atoms with E-state index in [2.05, 4.69) is 35.9 Å². The highest BCUT2D eigenvalue weighted by atomic mass is 16.6. The highest BCUT2D eigenvalue weighted by Gasteiger charge is 2.36. The first-order valence-corrected chi connectivity index (χ1v) is 12.1. The highest BCUT2D eigenvalue weighted by Crippen LogP contribution is 2.46. The molecule has 4 N–H and O–H groups in total. The number of hydrogen-bond donors (Lipinski definition) is 3. The molecule has 2 aliphatic rings. The van der Waals surface area contributed by atoms with Crippen molar-refractivity contribution < 1.29 is 14.6 Å². The lowest BCUT2D eigenvalue weighted by Crippen LogP contribution is -2.39. The number of aromatic hydroxyl groups is 1. The van der Waals surface area contributed by atoms with Gasteiger partial charge in [0, 0.05) is 29.9 Å². The zero-order valence-electron chi connectivity index (χ0n) is 21.9. The van der Waals surface area contributed by atoms with Crippen LogP contribution in [0.1, 0.15) is 84.8 Å². The van der Waals surface area contributed by atoms with Gasteiger partial charge in [-0.1, -0.05) is 33.1 Å². The predicted octanol–water partition coefficient (Wildman–Crippen LogP) is 5.90. The van der Waals surface area contributed by atoms with Gasteiger partial charge in [-0.05, 0) is 76.8 Å². The average molecular weight is 471 g/mol. The molecular formula is C27H42N4O3. The molecule has 7 nitrogen and oxygen atoms in total. The smallest absolute Gasteiger partial charge is 0.407 e. The van der Waals surface area contributed by atoms with Crippen LogP contribution in [0.5, 0.6) is 5.75 Å². The van der Waals surface area contributed by atoms with Crippen molar-refractivity contribution in [3.05, 3.63) is 28.8 Å². The summed E-state index contributed by atoms with van der Waals surface area (Å²) in [6, 6.07) is 3.79. The molecule has 188 valence electrons. The quantitative estimate of drug-likeness (QED) is 0.290. The van der Waals surface area contributed by atoms with E-state index in [1.54, 1.807) is 13.1 Å². The molecule has 34 heavy (non-hydrogen) atoms. The fraction of sp³-hybridized carbons (Fsp3) is 0.593. The lowest BCUT2D eigenvalue weighted by Gasteiger charge is -2.35. The Hall–Kier alpha value is -2.83. The lowest BCUT2D eigenvalue weighted by molar-refractivity contribution is 0.0493. The van der Waals surface area contributed by atoms with Crippen molar-refractivity contribution in [1.82, 2.24) is 5.32 Å². The maximum Gasteiger partial charge on any atom is 0.407 e. The van der Waals surface area contributed by atoms with Gasteiger partial charge in [0.05, 0.1) is 11.4 Å². The molecule has 0 aromatic heterocycles. The van der Waals surface area contributed by atoms with Crippen molar-refractivity contribution in [2.24, 2.45) is 15.4 Å². The third-order valence-corrected chi connectivity index (χ3v) is 6.30. The van der Waals surface area contributed by atoms with Gasteiger partial charge in [-0.25, -0.2) is 4.79 Å². The molecule has 0 aliphatic heterocycles. The molecule has 1 fully saturated rings. The summed E-state index contributed by atoms with van der Waals surface area (Å²) in [6.45, 7) is 15.6. The van der Waals surface area contributed by atoms with E-state index in [1.165, 1.54) is 19.3 Å². The monoisotopic (exact) mass is 470 g/mol. The van der Waals surface area contributed by atoms with Gasteiger partial charge in [0.1, 0.15) is 11.4 Å². The Kier molecular flexibility index (Phi) is 8.92. The fourth-order valence-corrected chi connectivity index (χ4v) is 4.71. The molecule has 1 aromatic carbocycles. The number of nitrogens with one attached hydrogen (secondary N) is 1. The number of allylic oxidation sites excluding steroid dienone is 1. The molecule has 0 bridgehead atoms. The zero-order chi connectivity index (χ0) is 25.7. The first-order valence-electron chi connectivity index (χ1n) is 12.1. The number of anilines is 1. The summed E-state index contributed by atoms with van der Waals surface area (Å²) in [4.78, 5) is 19.9. The van der Waals surface area contributed by atoms with Crippen LogP contribution >= 0.6 is 0 Å². The SMILES string of the molecule is C=NC1=C(C(C)=NC)C(C)(C)Cc2c1ccc(O)c2N.CC(C)(C)OC(=O)NC1CCCCC1. The minimum absolute atomic E-state index is 0.118. The maximum atomic E-state index is 11.4. The third kappa shape index (κ3) is 6.84. The number of carbonyl (C=O) groups is 1. The van der Waals surface area contributed by atoms with Gasteiger partial charge < -0.3 is 20.9 Å². The summed E-state index contributed by atoms with van der Waals surface area (Å²) in [5, 5.41) is 12.7. The van der Waals surface area contributed by atoms with Gasteiger partial charge >= 0.3 is 6.09 Å². The van der Waals surface area contributed by atoms with Gasteiger partial charge in [0.2, 0.25) is 0 Å². The van der Waals surface area contributed by atoms with Crippen LogP contribution in [-0.4, -0.2) is 42.3 Å². The van der Waals surface area contributed by atoms with E-state index < -0.39 is 5.60 Å². The van der Waals surface area contributed by atoms with E-state index in [-0.39, 0.29) is 17.3 Å².